The second-order valence-corrected chi connectivity index (χ2v) is 9.45. The first-order valence-corrected chi connectivity index (χ1v) is 12.4. The summed E-state index contributed by atoms with van der Waals surface area (Å²) < 4.78 is 4.71. The molecule has 40 heavy (non-hydrogen) atoms. The summed E-state index contributed by atoms with van der Waals surface area (Å²) in [7, 11) is 1.09. The van der Waals surface area contributed by atoms with Gasteiger partial charge in [-0.3, -0.25) is 19.5 Å². The summed E-state index contributed by atoms with van der Waals surface area (Å²) in [6.45, 7) is -0.230. The zero-order valence-corrected chi connectivity index (χ0v) is 21.7. The lowest BCUT2D eigenvalue weighted by molar-refractivity contribution is -0.142. The number of phenols is 2. The van der Waals surface area contributed by atoms with Crippen molar-refractivity contribution in [2.45, 2.75) is 12.6 Å². The number of aromatic nitrogens is 2. The van der Waals surface area contributed by atoms with E-state index >= 15 is 0 Å². The third kappa shape index (κ3) is 6.17. The Kier molecular flexibility index (Phi) is 8.26. The number of fused-ring (bicyclic) bond motifs is 1. The van der Waals surface area contributed by atoms with Crippen LogP contribution in [-0.4, -0.2) is 63.8 Å². The molecule has 1 unspecified atom stereocenters. The third-order valence-corrected chi connectivity index (χ3v) is 6.85. The molecule has 0 spiro atoms. The number of H-pyrrole nitrogens is 1. The first kappa shape index (κ1) is 27.6. The number of amides is 3. The number of esters is 1. The molecule has 3 amide bonds. The van der Waals surface area contributed by atoms with Gasteiger partial charge in [0.15, 0.2) is 0 Å². The number of hydrogen-bond donors (Lipinski definition) is 6. The number of nitriles is 1. The maximum absolute atomic E-state index is 13.0. The number of carbonyl (C=O) groups is 4. The van der Waals surface area contributed by atoms with Gasteiger partial charge in [0, 0.05) is 30.1 Å². The minimum atomic E-state index is -1.35. The van der Waals surface area contributed by atoms with Gasteiger partial charge >= 0.3 is 5.97 Å². The number of nitrogens with zero attached hydrogens (tertiary/aromatic N) is 2. The lowest BCUT2D eigenvalue weighted by Crippen LogP contribution is -2.49. The van der Waals surface area contributed by atoms with E-state index in [2.05, 4.69) is 26.1 Å². The molecule has 0 saturated heterocycles. The van der Waals surface area contributed by atoms with Crippen LogP contribution in [0, 0.1) is 11.3 Å². The molecule has 14 heteroatoms. The Morgan fingerprint density at radius 1 is 1.07 bits per heavy atom. The van der Waals surface area contributed by atoms with Crippen molar-refractivity contribution in [1.82, 2.24) is 26.1 Å². The van der Waals surface area contributed by atoms with Crippen molar-refractivity contribution in [2.75, 3.05) is 13.7 Å². The normalized spacial score (nSPS) is 11.3. The van der Waals surface area contributed by atoms with E-state index in [0.717, 1.165) is 53.1 Å². The summed E-state index contributed by atoms with van der Waals surface area (Å²) in [6.07, 6.45) is 1.64. The summed E-state index contributed by atoms with van der Waals surface area (Å²) in [4.78, 5) is 50.5. The molecule has 204 valence electrons. The van der Waals surface area contributed by atoms with E-state index in [9.17, 15) is 34.7 Å². The largest absolute Gasteiger partial charge is 0.508 e. The number of aromatic amines is 1. The molecule has 2 heterocycles. The van der Waals surface area contributed by atoms with Crippen LogP contribution in [0.2, 0.25) is 0 Å². The van der Waals surface area contributed by atoms with Crippen molar-refractivity contribution < 1.29 is 34.1 Å². The second-order valence-electron chi connectivity index (χ2n) is 8.39. The maximum Gasteiger partial charge on any atom is 0.330 e. The monoisotopic (exact) mass is 562 g/mol. The highest BCUT2D eigenvalue weighted by Crippen LogP contribution is 2.23. The van der Waals surface area contributed by atoms with Crippen LogP contribution in [0.4, 0.5) is 0 Å². The average Bonchev–Trinajstić information content (AvgIpc) is 3.60. The molecule has 0 bridgehead atoms. The number of hydrogen-bond acceptors (Lipinski definition) is 10. The van der Waals surface area contributed by atoms with E-state index in [4.69, 9.17) is 4.74 Å². The molecule has 13 nitrogen and oxygen atoms in total. The smallest absolute Gasteiger partial charge is 0.330 e. The van der Waals surface area contributed by atoms with Crippen molar-refractivity contribution in [3.8, 4) is 17.6 Å². The van der Waals surface area contributed by atoms with Crippen LogP contribution < -0.4 is 16.0 Å². The number of thiophene rings is 1. The minimum Gasteiger partial charge on any atom is -0.508 e. The molecule has 0 fully saturated rings. The summed E-state index contributed by atoms with van der Waals surface area (Å²) in [5.74, 6) is -3.65. The standard InChI is InChI=1S/C26H22N6O7S/c1-39-26(38)20(12-29-23(35)14-5-16(33)8-17(34)6-14)31-25(37)22-15(9-27)7-21(40-22)24(36)28-10-13-3-2-4-19-18(13)11-30-32-19/h2-8,11,20,33-34H,10,12H2,1H3,(H,28,36)(H,29,35)(H,30,32)(H,31,37). The van der Waals surface area contributed by atoms with Crippen LogP contribution in [0.1, 0.15) is 40.8 Å². The van der Waals surface area contributed by atoms with Gasteiger partial charge in [-0.1, -0.05) is 12.1 Å². The van der Waals surface area contributed by atoms with Crippen molar-refractivity contribution >= 4 is 45.9 Å². The fourth-order valence-electron chi connectivity index (χ4n) is 3.78. The molecule has 0 aliphatic heterocycles. The second kappa shape index (κ2) is 12.0. The van der Waals surface area contributed by atoms with Gasteiger partial charge in [0.25, 0.3) is 17.7 Å². The first-order valence-electron chi connectivity index (χ1n) is 11.6. The van der Waals surface area contributed by atoms with Gasteiger partial charge in [0.2, 0.25) is 0 Å². The lowest BCUT2D eigenvalue weighted by Gasteiger charge is -2.17. The number of ether oxygens (including phenoxy) is 1. The molecule has 0 saturated carbocycles. The summed E-state index contributed by atoms with van der Waals surface area (Å²) in [5.41, 5.74) is 1.47. The Bertz CT molecular complexity index is 1630. The van der Waals surface area contributed by atoms with Crippen LogP contribution in [0.15, 0.2) is 48.7 Å². The van der Waals surface area contributed by atoms with Crippen LogP contribution in [-0.2, 0) is 16.1 Å². The molecular weight excluding hydrogens is 540 g/mol. The molecule has 2 aromatic heterocycles. The van der Waals surface area contributed by atoms with Gasteiger partial charge < -0.3 is 30.9 Å². The number of aromatic hydroxyl groups is 2. The van der Waals surface area contributed by atoms with Gasteiger partial charge in [0.05, 0.1) is 29.3 Å². The summed E-state index contributed by atoms with van der Waals surface area (Å²) in [5, 5.41) is 44.0. The Balaban J connectivity index is 1.44. The van der Waals surface area contributed by atoms with Gasteiger partial charge in [-0.25, -0.2) is 4.79 Å². The van der Waals surface area contributed by atoms with Crippen LogP contribution in [0.5, 0.6) is 11.5 Å². The average molecular weight is 563 g/mol. The number of benzene rings is 2. The van der Waals surface area contributed by atoms with E-state index in [1.807, 2.05) is 24.3 Å². The van der Waals surface area contributed by atoms with Crippen LogP contribution in [0.3, 0.4) is 0 Å². The van der Waals surface area contributed by atoms with Gasteiger partial charge in [-0.2, -0.15) is 10.4 Å². The lowest BCUT2D eigenvalue weighted by atomic mass is 10.1. The number of methoxy groups -OCH3 is 1. The van der Waals surface area contributed by atoms with Gasteiger partial charge in [-0.15, -0.1) is 11.3 Å². The Hall–Kier alpha value is -5.42. The molecule has 4 rings (SSSR count). The minimum absolute atomic E-state index is 0.0764. The summed E-state index contributed by atoms with van der Waals surface area (Å²) >= 11 is 0.766. The summed E-state index contributed by atoms with van der Waals surface area (Å²) in [6, 6.07) is 10.5. The molecule has 6 N–H and O–H groups in total. The van der Waals surface area contributed by atoms with E-state index in [-0.39, 0.29) is 38.9 Å². The zero-order valence-electron chi connectivity index (χ0n) is 20.8. The van der Waals surface area contributed by atoms with Gasteiger partial charge in [0.1, 0.15) is 28.5 Å². The van der Waals surface area contributed by atoms with Crippen molar-refractivity contribution in [3.05, 3.63) is 75.1 Å². The highest BCUT2D eigenvalue weighted by molar-refractivity contribution is 7.16. The Morgan fingerprint density at radius 3 is 2.52 bits per heavy atom. The highest BCUT2D eigenvalue weighted by atomic mass is 32.1. The van der Waals surface area contributed by atoms with Gasteiger partial charge in [-0.05, 0) is 29.8 Å². The number of nitrogens with one attached hydrogen (secondary N) is 4. The number of carbonyl (C=O) groups excluding carboxylic acids is 4. The molecule has 0 aliphatic rings. The van der Waals surface area contributed by atoms with E-state index in [1.165, 1.54) is 6.07 Å². The van der Waals surface area contributed by atoms with E-state index in [1.54, 1.807) is 6.20 Å². The van der Waals surface area contributed by atoms with Crippen molar-refractivity contribution in [3.63, 3.8) is 0 Å². The first-order chi connectivity index (χ1) is 19.2. The highest BCUT2D eigenvalue weighted by Gasteiger charge is 2.27. The molecule has 1 atom stereocenters. The van der Waals surface area contributed by atoms with Crippen LogP contribution in [0.25, 0.3) is 10.9 Å². The maximum atomic E-state index is 13.0. The molecule has 0 radical (unpaired) electrons. The Morgan fingerprint density at radius 2 is 1.82 bits per heavy atom. The molecular formula is C26H22N6O7S. The topological polar surface area (TPSA) is 207 Å². The van der Waals surface area contributed by atoms with Crippen molar-refractivity contribution in [1.29, 1.82) is 5.26 Å². The van der Waals surface area contributed by atoms with E-state index < -0.39 is 36.3 Å². The third-order valence-electron chi connectivity index (χ3n) is 5.72. The van der Waals surface area contributed by atoms with Crippen LogP contribution >= 0.6 is 11.3 Å². The quantitative estimate of drug-likeness (QED) is 0.163. The molecule has 4 aromatic rings. The molecule has 2 aromatic carbocycles. The van der Waals surface area contributed by atoms with Crippen molar-refractivity contribution in [2.24, 2.45) is 0 Å². The zero-order chi connectivity index (χ0) is 28.8. The Labute approximate surface area is 230 Å². The predicted molar refractivity (Wildman–Crippen MR) is 142 cm³/mol. The van der Waals surface area contributed by atoms with E-state index in [0.29, 0.717) is 0 Å². The number of phenolic OH excluding ortho intramolecular Hbond substituents is 2. The predicted octanol–water partition coefficient (Wildman–Crippen LogP) is 1.54. The fraction of sp³-hybridized carbons (Fsp3) is 0.154. The number of rotatable bonds is 9. The fourth-order valence-corrected chi connectivity index (χ4v) is 4.71. The molecule has 0 aliphatic carbocycles. The SMILES string of the molecule is COC(=O)C(CNC(=O)c1cc(O)cc(O)c1)NC(=O)c1sc(C(=O)NCc2cccc3[nH]ncc23)cc1C#N.